The van der Waals surface area contributed by atoms with Crippen molar-refractivity contribution < 1.29 is 9.53 Å². The quantitative estimate of drug-likeness (QED) is 0.579. The largest absolute Gasteiger partial charge is 0.489 e. The highest BCUT2D eigenvalue weighted by Gasteiger charge is 2.17. The molecular weight excluding hydrogens is 328 g/mol. The lowest BCUT2D eigenvalue weighted by Gasteiger charge is -2.21. The lowest BCUT2D eigenvalue weighted by Crippen LogP contribution is -2.46. The normalized spacial score (nSPS) is 16.2. The summed E-state index contributed by atoms with van der Waals surface area (Å²) in [4.78, 5) is 17.8. The molecule has 1 aromatic rings. The van der Waals surface area contributed by atoms with Crippen LogP contribution in [0.5, 0.6) is 5.75 Å². The summed E-state index contributed by atoms with van der Waals surface area (Å²) in [5, 5.41) is 6.78. The second-order valence-electron chi connectivity index (χ2n) is 7.15. The fourth-order valence-electron chi connectivity index (χ4n) is 2.89. The molecule has 1 amide bonds. The summed E-state index contributed by atoms with van der Waals surface area (Å²) in [5.74, 6) is 1.57. The number of guanidine groups is 1. The van der Waals surface area contributed by atoms with Crippen molar-refractivity contribution in [2.45, 2.75) is 51.7 Å². The number of benzene rings is 1. The molecule has 26 heavy (non-hydrogen) atoms. The second-order valence-corrected chi connectivity index (χ2v) is 7.15. The molecular formula is C20H32N4O2. The number of aliphatic imine (C=N–C) groups is 1. The van der Waals surface area contributed by atoms with Crippen molar-refractivity contribution in [2.24, 2.45) is 4.99 Å². The first kappa shape index (κ1) is 20.1. The maximum atomic E-state index is 11.8. The van der Waals surface area contributed by atoms with Crippen LogP contribution in [0.25, 0.3) is 0 Å². The molecule has 0 bridgehead atoms. The van der Waals surface area contributed by atoms with E-state index in [1.807, 2.05) is 38.1 Å². The van der Waals surface area contributed by atoms with E-state index in [-0.39, 0.29) is 18.6 Å². The van der Waals surface area contributed by atoms with Gasteiger partial charge in [-0.15, -0.1) is 0 Å². The van der Waals surface area contributed by atoms with Crippen molar-refractivity contribution in [3.05, 3.63) is 29.8 Å². The van der Waals surface area contributed by atoms with E-state index in [2.05, 4.69) is 15.6 Å². The Balaban J connectivity index is 1.90. The van der Waals surface area contributed by atoms with Gasteiger partial charge in [0.05, 0.1) is 6.54 Å². The first-order valence-corrected chi connectivity index (χ1v) is 9.43. The van der Waals surface area contributed by atoms with Crippen molar-refractivity contribution in [2.75, 3.05) is 27.2 Å². The molecule has 1 unspecified atom stereocenters. The van der Waals surface area contributed by atoms with Crippen molar-refractivity contribution in [3.8, 4) is 5.75 Å². The number of likely N-dealkylation sites (N-methyl/N-ethyl adjacent to an activating group) is 1. The third-order valence-corrected chi connectivity index (χ3v) is 4.55. The molecule has 0 aliphatic heterocycles. The van der Waals surface area contributed by atoms with E-state index >= 15 is 0 Å². The van der Waals surface area contributed by atoms with E-state index in [9.17, 15) is 4.79 Å². The molecule has 2 N–H and O–H groups in total. The van der Waals surface area contributed by atoms with Gasteiger partial charge in [-0.25, -0.2) is 4.99 Å². The Morgan fingerprint density at radius 3 is 2.65 bits per heavy atom. The number of hydrogen-bond acceptors (Lipinski definition) is 3. The van der Waals surface area contributed by atoms with Gasteiger partial charge in [-0.05, 0) is 38.3 Å². The Bertz CT molecular complexity index is 610. The molecule has 144 valence electrons. The molecule has 0 heterocycles. The molecule has 0 saturated heterocycles. The standard InChI is InChI=1S/C20H32N4O2/c1-15-9-5-8-12-18(15)26-16(2)13-21-20(22-14-19(25)24(3)4)23-17-10-6-7-11-17/h5,8-9,12,16-17H,6-7,10-11,13-14H2,1-4H3,(H2,21,22,23). The van der Waals surface area contributed by atoms with Gasteiger partial charge in [0.1, 0.15) is 18.4 Å². The van der Waals surface area contributed by atoms with Gasteiger partial charge in [0.25, 0.3) is 0 Å². The van der Waals surface area contributed by atoms with E-state index in [1.54, 1.807) is 19.0 Å². The predicted molar refractivity (Wildman–Crippen MR) is 106 cm³/mol. The zero-order valence-electron chi connectivity index (χ0n) is 16.4. The number of rotatable bonds is 7. The average Bonchev–Trinajstić information content (AvgIpc) is 3.12. The van der Waals surface area contributed by atoms with Gasteiger partial charge < -0.3 is 20.3 Å². The fraction of sp³-hybridized carbons (Fsp3) is 0.600. The van der Waals surface area contributed by atoms with Crippen LogP contribution in [0.15, 0.2) is 29.3 Å². The summed E-state index contributed by atoms with van der Waals surface area (Å²) in [6.07, 6.45) is 4.77. The van der Waals surface area contributed by atoms with Crippen LogP contribution < -0.4 is 15.4 Å². The smallest absolute Gasteiger partial charge is 0.243 e. The van der Waals surface area contributed by atoms with E-state index in [4.69, 9.17) is 4.74 Å². The van der Waals surface area contributed by atoms with Gasteiger partial charge in [-0.2, -0.15) is 0 Å². The van der Waals surface area contributed by atoms with Crippen molar-refractivity contribution >= 4 is 11.9 Å². The Morgan fingerprint density at radius 2 is 2.00 bits per heavy atom. The Kier molecular flexibility index (Phi) is 7.75. The molecule has 0 spiro atoms. The summed E-state index contributed by atoms with van der Waals surface area (Å²) in [7, 11) is 3.49. The average molecular weight is 361 g/mol. The number of ether oxygens (including phenoxy) is 1. The number of aryl methyl sites for hydroxylation is 1. The van der Waals surface area contributed by atoms with E-state index in [0.29, 0.717) is 18.5 Å². The first-order valence-electron chi connectivity index (χ1n) is 9.43. The predicted octanol–water partition coefficient (Wildman–Crippen LogP) is 2.33. The topological polar surface area (TPSA) is 66.0 Å². The van der Waals surface area contributed by atoms with Crippen LogP contribution in [0, 0.1) is 6.92 Å². The number of carbonyl (C=O) groups is 1. The molecule has 1 atom stereocenters. The summed E-state index contributed by atoms with van der Waals surface area (Å²) >= 11 is 0. The van der Waals surface area contributed by atoms with Crippen LogP contribution in [-0.4, -0.2) is 56.1 Å². The molecule has 1 aliphatic carbocycles. The Hall–Kier alpha value is -2.24. The maximum Gasteiger partial charge on any atom is 0.243 e. The summed E-state index contributed by atoms with van der Waals surface area (Å²) in [5.41, 5.74) is 1.12. The monoisotopic (exact) mass is 360 g/mol. The minimum Gasteiger partial charge on any atom is -0.489 e. The van der Waals surface area contributed by atoms with Crippen LogP contribution >= 0.6 is 0 Å². The number of nitrogens with one attached hydrogen (secondary N) is 2. The SMILES string of the molecule is Cc1ccccc1OC(C)CNC(=NCC(=O)N(C)C)NC1CCCC1. The molecule has 2 rings (SSSR count). The van der Waals surface area contributed by atoms with Crippen molar-refractivity contribution in [1.82, 2.24) is 15.5 Å². The first-order chi connectivity index (χ1) is 12.5. The Morgan fingerprint density at radius 1 is 1.31 bits per heavy atom. The summed E-state index contributed by atoms with van der Waals surface area (Å²) < 4.78 is 6.01. The number of amides is 1. The van der Waals surface area contributed by atoms with E-state index < -0.39 is 0 Å². The third kappa shape index (κ3) is 6.58. The van der Waals surface area contributed by atoms with Crippen LogP contribution in [0.3, 0.4) is 0 Å². The molecule has 0 radical (unpaired) electrons. The highest BCUT2D eigenvalue weighted by atomic mass is 16.5. The lowest BCUT2D eigenvalue weighted by molar-refractivity contribution is -0.127. The van der Waals surface area contributed by atoms with Crippen LogP contribution in [-0.2, 0) is 4.79 Å². The molecule has 1 aromatic carbocycles. The van der Waals surface area contributed by atoms with Crippen molar-refractivity contribution in [1.29, 1.82) is 0 Å². The highest BCUT2D eigenvalue weighted by molar-refractivity contribution is 5.85. The molecule has 0 aromatic heterocycles. The zero-order chi connectivity index (χ0) is 18.9. The van der Waals surface area contributed by atoms with E-state index in [0.717, 1.165) is 24.2 Å². The van der Waals surface area contributed by atoms with Crippen LogP contribution in [0.1, 0.15) is 38.2 Å². The maximum absolute atomic E-state index is 11.8. The minimum atomic E-state index is -0.0174. The third-order valence-electron chi connectivity index (χ3n) is 4.55. The van der Waals surface area contributed by atoms with Gasteiger partial charge >= 0.3 is 0 Å². The molecule has 6 heteroatoms. The molecule has 1 saturated carbocycles. The molecule has 6 nitrogen and oxygen atoms in total. The molecule has 1 fully saturated rings. The summed E-state index contributed by atoms with van der Waals surface area (Å²) in [6, 6.07) is 8.43. The van der Waals surface area contributed by atoms with Gasteiger partial charge in [-0.3, -0.25) is 4.79 Å². The van der Waals surface area contributed by atoms with Crippen molar-refractivity contribution in [3.63, 3.8) is 0 Å². The van der Waals surface area contributed by atoms with Crippen LogP contribution in [0.4, 0.5) is 0 Å². The number of nitrogens with zero attached hydrogens (tertiary/aromatic N) is 2. The van der Waals surface area contributed by atoms with Gasteiger partial charge in [-0.1, -0.05) is 31.0 Å². The number of para-hydroxylation sites is 1. The zero-order valence-corrected chi connectivity index (χ0v) is 16.4. The summed E-state index contributed by atoms with van der Waals surface area (Å²) in [6.45, 7) is 4.82. The van der Waals surface area contributed by atoms with Gasteiger partial charge in [0, 0.05) is 20.1 Å². The minimum absolute atomic E-state index is 0.0123. The number of hydrogen-bond donors (Lipinski definition) is 2. The lowest BCUT2D eigenvalue weighted by atomic mass is 10.2. The van der Waals surface area contributed by atoms with Crippen LogP contribution in [0.2, 0.25) is 0 Å². The highest BCUT2D eigenvalue weighted by Crippen LogP contribution is 2.18. The van der Waals surface area contributed by atoms with E-state index in [1.165, 1.54) is 12.8 Å². The fourth-order valence-corrected chi connectivity index (χ4v) is 2.89. The van der Waals surface area contributed by atoms with Gasteiger partial charge in [0.2, 0.25) is 5.91 Å². The molecule has 1 aliphatic rings. The second kappa shape index (κ2) is 10.0. The number of carbonyl (C=O) groups excluding carboxylic acids is 1. The van der Waals surface area contributed by atoms with Gasteiger partial charge in [0.15, 0.2) is 5.96 Å². The Labute approximate surface area is 157 Å².